The normalized spacial score (nSPS) is 18.2. The zero-order valence-electron chi connectivity index (χ0n) is 25.1. The van der Waals surface area contributed by atoms with Crippen LogP contribution in [0, 0.1) is 17.2 Å². The Hall–Kier alpha value is -4.10. The zero-order valence-corrected chi connectivity index (χ0v) is 26.8. The Bertz CT molecular complexity index is 1930. The van der Waals surface area contributed by atoms with Gasteiger partial charge in [-0.25, -0.2) is 31.8 Å². The van der Waals surface area contributed by atoms with Crippen molar-refractivity contribution in [1.29, 1.82) is 5.26 Å². The van der Waals surface area contributed by atoms with Gasteiger partial charge in [-0.3, -0.25) is 0 Å². The Morgan fingerprint density at radius 2 is 1.82 bits per heavy atom. The third-order valence-corrected chi connectivity index (χ3v) is 12.2. The molecule has 0 saturated carbocycles. The minimum absolute atomic E-state index is 0.00827. The second-order valence-electron chi connectivity index (χ2n) is 11.7. The van der Waals surface area contributed by atoms with Crippen LogP contribution in [0.15, 0.2) is 77.7 Å². The number of fused-ring (bicyclic) bond motifs is 1. The van der Waals surface area contributed by atoms with Crippen LogP contribution in [0.3, 0.4) is 0 Å². The Morgan fingerprint density at radius 3 is 2.47 bits per heavy atom. The summed E-state index contributed by atoms with van der Waals surface area (Å²) in [7, 11) is -4.13. The van der Waals surface area contributed by atoms with Gasteiger partial charge in [0.15, 0.2) is 10.1 Å². The van der Waals surface area contributed by atoms with Crippen molar-refractivity contribution in [3.63, 3.8) is 0 Å². The molecule has 6 rings (SSSR count). The van der Waals surface area contributed by atoms with Gasteiger partial charge in [0.05, 0.1) is 36.5 Å². The number of benzene rings is 1. The van der Waals surface area contributed by atoms with Crippen molar-refractivity contribution in [2.24, 2.45) is 20.0 Å². The number of piperidine rings is 1. The summed E-state index contributed by atoms with van der Waals surface area (Å²) in [6, 6.07) is 12.1. The van der Waals surface area contributed by atoms with Gasteiger partial charge in [0.2, 0.25) is 0 Å². The van der Waals surface area contributed by atoms with Gasteiger partial charge in [-0.2, -0.15) is 13.9 Å². The minimum Gasteiger partial charge on any atom is -0.364 e. The number of hydrogen-bond donors (Lipinski definition) is 0. The smallest absolute Gasteiger partial charge is 0.262 e. The lowest BCUT2D eigenvalue weighted by Crippen LogP contribution is -2.53. The lowest BCUT2D eigenvalue weighted by molar-refractivity contribution is 0.208. The molecule has 45 heavy (non-hydrogen) atoms. The molecule has 0 spiro atoms. The second-order valence-corrected chi connectivity index (χ2v) is 15.4. The van der Waals surface area contributed by atoms with Crippen molar-refractivity contribution in [2.45, 2.75) is 41.9 Å². The predicted octanol–water partition coefficient (Wildman–Crippen LogP) is 2.14. The van der Waals surface area contributed by atoms with Gasteiger partial charge in [-0.15, -0.1) is 0 Å². The van der Waals surface area contributed by atoms with Crippen molar-refractivity contribution in [1.82, 2.24) is 32.7 Å². The molecule has 0 amide bonds. The zero-order chi connectivity index (χ0) is 31.8. The number of sulfonamides is 2. The number of imidazole rings is 2. The molecule has 0 N–H and O–H groups in total. The third-order valence-electron chi connectivity index (χ3n) is 8.62. The van der Waals surface area contributed by atoms with Crippen LogP contribution in [-0.4, -0.2) is 81.8 Å². The van der Waals surface area contributed by atoms with Gasteiger partial charge in [0.25, 0.3) is 20.0 Å². The summed E-state index contributed by atoms with van der Waals surface area (Å²) in [6.07, 6.45) is 9.36. The summed E-state index contributed by atoms with van der Waals surface area (Å²) in [5.41, 5.74) is 3.32. The average Bonchev–Trinajstić information content (AvgIpc) is 3.67. The number of aromatic nitrogens is 5. The molecule has 1 fully saturated rings. The molecule has 4 aromatic rings. The maximum atomic E-state index is 14.3. The number of nitriles is 1. The van der Waals surface area contributed by atoms with Gasteiger partial charge in [-0.05, 0) is 61.1 Å². The lowest BCUT2D eigenvalue weighted by atomic mass is 9.94. The van der Waals surface area contributed by atoms with Crippen molar-refractivity contribution in [3.05, 3.63) is 84.5 Å². The maximum absolute atomic E-state index is 14.3. The van der Waals surface area contributed by atoms with Gasteiger partial charge >= 0.3 is 0 Å². The molecule has 0 radical (unpaired) electrons. The molecular formula is C30H35N9O4S2. The highest BCUT2D eigenvalue weighted by Crippen LogP contribution is 2.34. The summed E-state index contributed by atoms with van der Waals surface area (Å²) in [5, 5.41) is 9.60. The molecule has 1 atom stereocenters. The second kappa shape index (κ2) is 12.4. The highest BCUT2D eigenvalue weighted by atomic mass is 32.2. The van der Waals surface area contributed by atoms with Crippen LogP contribution in [-0.2, 0) is 47.1 Å². The topological polar surface area (TPSA) is 150 Å². The highest BCUT2D eigenvalue weighted by molar-refractivity contribution is 7.89. The first-order valence-corrected chi connectivity index (χ1v) is 17.6. The SMILES string of the molecule is Cn1cnc(S(=O)(=O)N2CCC(CN(C3Cc4cc(C#N)ccc4N(Cc4cncn4C)C3)S(=O)(=O)c3ccccn3)CC2)c1. The maximum Gasteiger partial charge on any atom is 0.262 e. The molecule has 0 aliphatic carbocycles. The standard InChI is InChI=1S/C30H35N9O4S2/c1-35-20-30(34-22-35)44(40,41)38-11-8-23(9-12-38)17-39(45(42,43)29-5-3-4-10-33-29)26-14-25-13-24(15-31)6-7-28(25)37(18-26)19-27-16-32-21-36(27)2/h3-7,10,13,16,20-23,26H,8-9,11-12,14,17-19H2,1-2H3. The van der Waals surface area contributed by atoms with Crippen molar-refractivity contribution in [3.8, 4) is 6.07 Å². The molecule has 0 bridgehead atoms. The number of hydrogen-bond acceptors (Lipinski definition) is 9. The molecule has 1 aromatic carbocycles. The third kappa shape index (κ3) is 6.23. The van der Waals surface area contributed by atoms with E-state index in [0.29, 0.717) is 37.9 Å². The molecule has 1 unspecified atom stereocenters. The van der Waals surface area contributed by atoms with Crippen molar-refractivity contribution in [2.75, 3.05) is 31.1 Å². The molecule has 5 heterocycles. The summed E-state index contributed by atoms with van der Waals surface area (Å²) in [5.74, 6) is -0.0731. The van der Waals surface area contributed by atoms with E-state index in [1.807, 2.05) is 23.7 Å². The van der Waals surface area contributed by atoms with E-state index in [1.165, 1.54) is 29.1 Å². The van der Waals surface area contributed by atoms with Crippen molar-refractivity contribution >= 4 is 25.7 Å². The first kappa shape index (κ1) is 30.9. The Kier molecular flexibility index (Phi) is 8.49. The van der Waals surface area contributed by atoms with Crippen LogP contribution in [0.4, 0.5) is 5.69 Å². The molecule has 3 aromatic heterocycles. The Labute approximate surface area is 263 Å². The van der Waals surface area contributed by atoms with E-state index in [4.69, 9.17) is 0 Å². The molecule has 2 aliphatic rings. The molecule has 13 nitrogen and oxygen atoms in total. The molecule has 2 aliphatic heterocycles. The van der Waals surface area contributed by atoms with E-state index >= 15 is 0 Å². The first-order valence-electron chi connectivity index (χ1n) is 14.7. The van der Waals surface area contributed by atoms with Crippen LogP contribution in [0.25, 0.3) is 0 Å². The van der Waals surface area contributed by atoms with Gasteiger partial charge in [0.1, 0.15) is 0 Å². The van der Waals surface area contributed by atoms with Gasteiger partial charge in [-0.1, -0.05) is 6.07 Å². The summed E-state index contributed by atoms with van der Waals surface area (Å²) in [4.78, 5) is 14.6. The number of rotatable bonds is 9. The van der Waals surface area contributed by atoms with E-state index in [9.17, 15) is 22.1 Å². The lowest BCUT2D eigenvalue weighted by Gasteiger charge is -2.42. The Morgan fingerprint density at radius 1 is 1.02 bits per heavy atom. The molecular weight excluding hydrogens is 615 g/mol. The Balaban J connectivity index is 1.30. The number of nitrogens with zero attached hydrogens (tertiary/aromatic N) is 9. The van der Waals surface area contributed by atoms with Crippen LogP contribution in [0.5, 0.6) is 0 Å². The fraction of sp³-hybridized carbons (Fsp3) is 0.400. The molecule has 1 saturated heterocycles. The molecule has 15 heteroatoms. The number of aryl methyl sites for hydroxylation is 2. The fourth-order valence-corrected chi connectivity index (χ4v) is 9.24. The van der Waals surface area contributed by atoms with Crippen molar-refractivity contribution < 1.29 is 16.8 Å². The van der Waals surface area contributed by atoms with Crippen LogP contribution < -0.4 is 4.90 Å². The van der Waals surface area contributed by atoms with E-state index in [0.717, 1.165) is 16.9 Å². The average molecular weight is 650 g/mol. The van der Waals surface area contributed by atoms with E-state index < -0.39 is 26.1 Å². The van der Waals surface area contributed by atoms with E-state index in [1.54, 1.807) is 46.6 Å². The summed E-state index contributed by atoms with van der Waals surface area (Å²) >= 11 is 0. The quantitative estimate of drug-likeness (QED) is 0.266. The monoisotopic (exact) mass is 649 g/mol. The minimum atomic E-state index is -4.03. The molecule has 236 valence electrons. The van der Waals surface area contributed by atoms with Crippen LogP contribution >= 0.6 is 0 Å². The largest absolute Gasteiger partial charge is 0.364 e. The fourth-order valence-electron chi connectivity index (χ4n) is 6.18. The number of pyridine rings is 1. The van der Waals surface area contributed by atoms with Gasteiger partial charge in [0, 0.05) is 70.6 Å². The summed E-state index contributed by atoms with van der Waals surface area (Å²) in [6.45, 7) is 1.68. The highest BCUT2D eigenvalue weighted by Gasteiger charge is 2.40. The van der Waals surface area contributed by atoms with E-state index in [-0.39, 0.29) is 35.6 Å². The van der Waals surface area contributed by atoms with Crippen LogP contribution in [0.2, 0.25) is 0 Å². The van der Waals surface area contributed by atoms with E-state index in [2.05, 4.69) is 25.9 Å². The first-order chi connectivity index (χ1) is 21.6. The van der Waals surface area contributed by atoms with Gasteiger partial charge < -0.3 is 14.0 Å². The predicted molar refractivity (Wildman–Crippen MR) is 166 cm³/mol. The summed E-state index contributed by atoms with van der Waals surface area (Å²) < 4.78 is 61.5. The number of anilines is 1. The van der Waals surface area contributed by atoms with Crippen LogP contribution in [0.1, 0.15) is 29.7 Å².